The van der Waals surface area contributed by atoms with Crippen LogP contribution < -0.4 is 5.32 Å². The Morgan fingerprint density at radius 1 is 0.440 bits per heavy atom. The molecule has 1 rings (SSSR count). The molecule has 1 aliphatic heterocycles. The van der Waals surface area contributed by atoms with Crippen molar-refractivity contribution < 1.29 is 49.3 Å². The summed E-state index contributed by atoms with van der Waals surface area (Å²) >= 11 is 0. The quantitative estimate of drug-likeness (QED) is 0.0195. The molecule has 0 aliphatic carbocycles. The van der Waals surface area contributed by atoms with Crippen LogP contribution >= 0.6 is 0 Å². The number of aliphatic hydroxyl groups is 5. The van der Waals surface area contributed by atoms with Crippen LogP contribution in [-0.4, -0.2) is 99.6 Å². The highest BCUT2D eigenvalue weighted by Crippen LogP contribution is 2.26. The average molecular weight is 1280 g/mol. The minimum absolute atomic E-state index is 0.111. The van der Waals surface area contributed by atoms with E-state index in [0.29, 0.717) is 19.3 Å². The van der Waals surface area contributed by atoms with Crippen LogP contribution in [0.4, 0.5) is 0 Å². The van der Waals surface area contributed by atoms with E-state index in [2.05, 4.69) is 99.0 Å². The van der Waals surface area contributed by atoms with Gasteiger partial charge in [0, 0.05) is 6.42 Å². The fourth-order valence-corrected chi connectivity index (χ4v) is 11.8. The summed E-state index contributed by atoms with van der Waals surface area (Å²) in [7, 11) is 0. The van der Waals surface area contributed by atoms with Gasteiger partial charge in [-0.25, -0.2) is 0 Å². The third kappa shape index (κ3) is 53.7. The normalized spacial score (nSPS) is 18.4. The molecule has 0 bridgehead atoms. The first kappa shape index (κ1) is 85.9. The highest BCUT2D eigenvalue weighted by Gasteiger charge is 2.47. The number of amides is 1. The minimum atomic E-state index is -1.62. The van der Waals surface area contributed by atoms with E-state index >= 15 is 0 Å². The highest BCUT2D eigenvalue weighted by atomic mass is 16.7. The first-order valence-electron chi connectivity index (χ1n) is 38.4. The number of allylic oxidation sites excluding steroid dienone is 13. The van der Waals surface area contributed by atoms with Gasteiger partial charge in [-0.05, 0) is 77.0 Å². The number of nitrogens with one attached hydrogen (secondary N) is 1. The van der Waals surface area contributed by atoms with Gasteiger partial charge < -0.3 is 45.1 Å². The van der Waals surface area contributed by atoms with Gasteiger partial charge in [0.1, 0.15) is 24.4 Å². The largest absolute Gasteiger partial charge is 0.454 e. The van der Waals surface area contributed by atoms with Gasteiger partial charge in [-0.3, -0.25) is 9.59 Å². The SMILES string of the molecule is CC/C=C\C/C=C\C/C=C\C/C=C\C/C=C\C/C=C\CCCCCCCCCCC(=O)OC1C(OCC(NC(=O)C(O)CCCCCCCCCCCCCCCCCCCCCCCC)C(O)/C=C/CCCCCCCCCCCCC)OC(CO)C(O)C1O. The van der Waals surface area contributed by atoms with E-state index in [4.69, 9.17) is 14.2 Å². The lowest BCUT2D eigenvalue weighted by molar-refractivity contribution is -0.305. The minimum Gasteiger partial charge on any atom is -0.454 e. The van der Waals surface area contributed by atoms with Crippen LogP contribution in [0.5, 0.6) is 0 Å². The number of esters is 1. The highest BCUT2D eigenvalue weighted by molar-refractivity contribution is 5.80. The molecule has 1 amide bonds. The smallest absolute Gasteiger partial charge is 0.306 e. The molecule has 8 atom stereocenters. The summed E-state index contributed by atoms with van der Waals surface area (Å²) in [4.78, 5) is 26.8. The summed E-state index contributed by atoms with van der Waals surface area (Å²) in [5.41, 5.74) is 0. The molecular weight excluding hydrogens is 1130 g/mol. The molecule has 528 valence electrons. The second-order valence-electron chi connectivity index (χ2n) is 26.4. The number of carbonyl (C=O) groups is 2. The van der Waals surface area contributed by atoms with E-state index in [9.17, 15) is 35.1 Å². The van der Waals surface area contributed by atoms with Crippen molar-refractivity contribution in [1.82, 2.24) is 5.32 Å². The Morgan fingerprint density at radius 2 is 0.791 bits per heavy atom. The van der Waals surface area contributed by atoms with E-state index in [1.165, 1.54) is 193 Å². The molecule has 0 aromatic carbocycles. The molecule has 1 heterocycles. The Kier molecular flexibility index (Phi) is 63.1. The zero-order valence-corrected chi connectivity index (χ0v) is 59.0. The van der Waals surface area contributed by atoms with E-state index in [-0.39, 0.29) is 13.0 Å². The Hall–Kier alpha value is -3.16. The second kappa shape index (κ2) is 66.8. The number of ether oxygens (including phenoxy) is 3. The number of hydrogen-bond acceptors (Lipinski definition) is 10. The molecular formula is C80H143NO10. The molecule has 0 radical (unpaired) electrons. The van der Waals surface area contributed by atoms with Gasteiger partial charge in [-0.2, -0.15) is 0 Å². The Balaban J connectivity index is 2.55. The molecule has 6 N–H and O–H groups in total. The lowest BCUT2D eigenvalue weighted by Gasteiger charge is -2.41. The van der Waals surface area contributed by atoms with Gasteiger partial charge in [-0.15, -0.1) is 0 Å². The molecule has 8 unspecified atom stereocenters. The maximum Gasteiger partial charge on any atom is 0.306 e. The Bertz CT molecular complexity index is 1810. The number of aliphatic hydroxyl groups excluding tert-OH is 5. The summed E-state index contributed by atoms with van der Waals surface area (Å²) < 4.78 is 17.7. The van der Waals surface area contributed by atoms with Crippen molar-refractivity contribution in [3.05, 3.63) is 85.1 Å². The third-order valence-corrected chi connectivity index (χ3v) is 17.8. The van der Waals surface area contributed by atoms with Crippen molar-refractivity contribution in [3.8, 4) is 0 Å². The van der Waals surface area contributed by atoms with Gasteiger partial charge in [-0.1, -0.05) is 350 Å². The van der Waals surface area contributed by atoms with Crippen molar-refractivity contribution in [3.63, 3.8) is 0 Å². The number of unbranched alkanes of at least 4 members (excludes halogenated alkanes) is 40. The predicted molar refractivity (Wildman–Crippen MR) is 384 cm³/mol. The number of carbonyl (C=O) groups excluding carboxylic acids is 2. The summed E-state index contributed by atoms with van der Waals surface area (Å²) in [6.07, 6.45) is 79.1. The van der Waals surface area contributed by atoms with E-state index in [1.54, 1.807) is 6.08 Å². The van der Waals surface area contributed by atoms with Crippen LogP contribution in [-0.2, 0) is 23.8 Å². The lowest BCUT2D eigenvalue weighted by atomic mass is 9.99. The predicted octanol–water partition coefficient (Wildman–Crippen LogP) is 20.4. The Morgan fingerprint density at radius 3 is 1.19 bits per heavy atom. The second-order valence-corrected chi connectivity index (χ2v) is 26.4. The Labute approximate surface area is 559 Å². The van der Waals surface area contributed by atoms with Crippen LogP contribution in [0, 0.1) is 0 Å². The fraction of sp³-hybridized carbons (Fsp3) is 0.800. The first-order chi connectivity index (χ1) is 44.7. The monoisotopic (exact) mass is 1280 g/mol. The van der Waals surface area contributed by atoms with Gasteiger partial charge in [0.05, 0.1) is 25.4 Å². The molecule has 1 fully saturated rings. The van der Waals surface area contributed by atoms with Gasteiger partial charge in [0.2, 0.25) is 5.91 Å². The van der Waals surface area contributed by atoms with Crippen molar-refractivity contribution in [2.24, 2.45) is 0 Å². The standard InChI is InChI=1S/C80H143NO10/c1-4-7-10-13-16-19-22-25-27-29-31-33-35-36-37-38-39-41-43-45-47-50-53-56-59-62-65-68-75(85)91-78-77(87)76(86)74(69-82)90-80(78)89-70-71(72(83)66-63-60-57-54-51-48-24-21-18-15-12-9-6-3)81-79(88)73(84)67-64-61-58-55-52-49-46-44-42-40-34-32-30-28-26-23-20-17-14-11-8-5-2/h7,10,16,19,25,27,31,33,36-37,39,41,63,66,71-74,76-78,80,82-84,86-87H,4-6,8-9,11-15,17-18,20-24,26,28-30,32,34-35,38,40,42-62,64-65,67-70H2,1-3H3,(H,81,88)/b10-7-,19-16-,27-25-,33-31-,37-36-,41-39-,66-63+. The van der Waals surface area contributed by atoms with Crippen molar-refractivity contribution in [2.45, 2.75) is 397 Å². The fourth-order valence-electron chi connectivity index (χ4n) is 11.8. The van der Waals surface area contributed by atoms with Crippen LogP contribution in [0.1, 0.15) is 348 Å². The van der Waals surface area contributed by atoms with Crippen molar-refractivity contribution >= 4 is 11.9 Å². The molecule has 0 saturated carbocycles. The van der Waals surface area contributed by atoms with E-state index in [1.807, 2.05) is 6.08 Å². The summed E-state index contributed by atoms with van der Waals surface area (Å²) in [6.45, 7) is 5.73. The molecule has 0 aromatic rings. The molecule has 1 saturated heterocycles. The van der Waals surface area contributed by atoms with Crippen LogP contribution in [0.25, 0.3) is 0 Å². The van der Waals surface area contributed by atoms with Crippen molar-refractivity contribution in [1.29, 1.82) is 0 Å². The lowest BCUT2D eigenvalue weighted by Crippen LogP contribution is -2.61. The van der Waals surface area contributed by atoms with E-state index in [0.717, 1.165) is 109 Å². The molecule has 1 aliphatic rings. The molecule has 11 heteroatoms. The first-order valence-corrected chi connectivity index (χ1v) is 38.4. The van der Waals surface area contributed by atoms with Crippen LogP contribution in [0.3, 0.4) is 0 Å². The summed E-state index contributed by atoms with van der Waals surface area (Å²) in [5.74, 6) is -1.19. The van der Waals surface area contributed by atoms with Gasteiger partial charge in [0.25, 0.3) is 0 Å². The van der Waals surface area contributed by atoms with Gasteiger partial charge in [0.15, 0.2) is 12.4 Å². The maximum atomic E-state index is 13.5. The number of hydrogen-bond donors (Lipinski definition) is 6. The molecule has 11 nitrogen and oxygen atoms in total. The molecule has 0 aromatic heterocycles. The van der Waals surface area contributed by atoms with Crippen molar-refractivity contribution in [2.75, 3.05) is 13.2 Å². The average Bonchev–Trinajstić information content (AvgIpc) is 1.11. The number of rotatable bonds is 66. The van der Waals surface area contributed by atoms with Crippen LogP contribution in [0.15, 0.2) is 85.1 Å². The summed E-state index contributed by atoms with van der Waals surface area (Å²) in [6, 6.07) is -1.03. The van der Waals surface area contributed by atoms with Crippen LogP contribution in [0.2, 0.25) is 0 Å². The third-order valence-electron chi connectivity index (χ3n) is 17.8. The topological polar surface area (TPSA) is 175 Å². The maximum absolute atomic E-state index is 13.5. The zero-order chi connectivity index (χ0) is 66.0. The molecule has 0 spiro atoms. The van der Waals surface area contributed by atoms with E-state index < -0.39 is 67.4 Å². The zero-order valence-electron chi connectivity index (χ0n) is 59.0. The summed E-state index contributed by atoms with van der Waals surface area (Å²) in [5, 5.41) is 57.4. The van der Waals surface area contributed by atoms with Gasteiger partial charge >= 0.3 is 5.97 Å². The molecule has 91 heavy (non-hydrogen) atoms.